The Labute approximate surface area is 198 Å². The van der Waals surface area contributed by atoms with E-state index >= 15 is 0 Å². The van der Waals surface area contributed by atoms with E-state index in [0.717, 1.165) is 6.07 Å². The van der Waals surface area contributed by atoms with Crippen molar-refractivity contribution in [1.29, 1.82) is 0 Å². The zero-order valence-corrected chi connectivity index (χ0v) is 19.3. The molecule has 0 radical (unpaired) electrons. The number of aromatic nitrogens is 2. The standard InChI is InChI=1S/C23H24F3N5O4/c1-11(2)20(32)28-12-9-31(10-12)22(33)19-16(8-27)35-21(30-19)14-4-6-15(34-3)18-13(14)5-7-17(29-18)23(24,25)26/h4-7,11-12H,8-10,27H2,1-3H3,(H,28,32). The molecule has 12 heteroatoms. The molecule has 1 fully saturated rings. The summed E-state index contributed by atoms with van der Waals surface area (Å²) in [5.41, 5.74) is 5.03. The Morgan fingerprint density at radius 2 is 1.94 bits per heavy atom. The number of amides is 2. The number of alkyl halides is 3. The molecule has 0 aliphatic carbocycles. The SMILES string of the molecule is COc1ccc(-c2nc(C(=O)N3CC(NC(=O)C(C)C)C3)c(CN)o2)c2ccc(C(F)(F)F)nc12. The minimum absolute atomic E-state index is 0.0139. The van der Waals surface area contributed by atoms with E-state index in [-0.39, 0.29) is 53.0 Å². The van der Waals surface area contributed by atoms with Gasteiger partial charge in [-0.3, -0.25) is 9.59 Å². The Bertz CT molecular complexity index is 1280. The molecule has 0 bridgehead atoms. The van der Waals surface area contributed by atoms with Crippen LogP contribution in [0.1, 0.15) is 35.8 Å². The lowest BCUT2D eigenvalue weighted by Crippen LogP contribution is -2.61. The predicted molar refractivity (Wildman–Crippen MR) is 119 cm³/mol. The number of halogens is 3. The molecule has 3 aromatic rings. The second-order valence-electron chi connectivity index (χ2n) is 8.47. The lowest BCUT2D eigenvalue weighted by atomic mass is 10.1. The number of nitrogens with one attached hydrogen (secondary N) is 1. The second-order valence-corrected chi connectivity index (χ2v) is 8.47. The van der Waals surface area contributed by atoms with Crippen LogP contribution in [0, 0.1) is 5.92 Å². The van der Waals surface area contributed by atoms with Crippen LogP contribution in [0.5, 0.6) is 5.75 Å². The molecule has 4 rings (SSSR count). The van der Waals surface area contributed by atoms with Crippen LogP contribution in [0.15, 0.2) is 28.7 Å². The number of carbonyl (C=O) groups excluding carboxylic acids is 2. The zero-order valence-electron chi connectivity index (χ0n) is 19.3. The first-order valence-electron chi connectivity index (χ1n) is 10.9. The van der Waals surface area contributed by atoms with E-state index in [0.29, 0.717) is 24.0 Å². The largest absolute Gasteiger partial charge is 0.494 e. The topological polar surface area (TPSA) is 124 Å². The summed E-state index contributed by atoms with van der Waals surface area (Å²) >= 11 is 0. The van der Waals surface area contributed by atoms with Crippen molar-refractivity contribution in [2.75, 3.05) is 20.2 Å². The van der Waals surface area contributed by atoms with Gasteiger partial charge in [0.05, 0.1) is 19.7 Å². The van der Waals surface area contributed by atoms with Gasteiger partial charge in [0.25, 0.3) is 5.91 Å². The van der Waals surface area contributed by atoms with Crippen molar-refractivity contribution in [3.05, 3.63) is 41.4 Å². The molecule has 2 amide bonds. The maximum atomic E-state index is 13.2. The number of hydrogen-bond donors (Lipinski definition) is 2. The lowest BCUT2D eigenvalue weighted by Gasteiger charge is -2.39. The number of hydrogen-bond acceptors (Lipinski definition) is 7. The highest BCUT2D eigenvalue weighted by molar-refractivity contribution is 5.98. The Hall–Kier alpha value is -3.67. The van der Waals surface area contributed by atoms with Gasteiger partial charge in [0.1, 0.15) is 17.0 Å². The molecule has 1 aliphatic heterocycles. The van der Waals surface area contributed by atoms with Gasteiger partial charge in [-0.15, -0.1) is 0 Å². The Morgan fingerprint density at radius 3 is 2.54 bits per heavy atom. The fourth-order valence-corrected chi connectivity index (χ4v) is 3.73. The van der Waals surface area contributed by atoms with Gasteiger partial charge in [-0.05, 0) is 24.3 Å². The normalized spacial score (nSPS) is 14.3. The number of pyridine rings is 1. The summed E-state index contributed by atoms with van der Waals surface area (Å²) in [6.07, 6.45) is -4.63. The third-order valence-corrected chi connectivity index (χ3v) is 5.69. The van der Waals surface area contributed by atoms with E-state index in [9.17, 15) is 22.8 Å². The molecule has 0 unspecified atom stereocenters. The third kappa shape index (κ3) is 4.65. The minimum atomic E-state index is -4.63. The summed E-state index contributed by atoms with van der Waals surface area (Å²) in [7, 11) is 1.33. The average Bonchev–Trinajstić information content (AvgIpc) is 3.23. The van der Waals surface area contributed by atoms with Crippen LogP contribution in [-0.2, 0) is 17.5 Å². The van der Waals surface area contributed by atoms with Crippen LogP contribution >= 0.6 is 0 Å². The molecular weight excluding hydrogens is 467 g/mol. The van der Waals surface area contributed by atoms with Crippen LogP contribution in [0.4, 0.5) is 13.2 Å². The van der Waals surface area contributed by atoms with Gasteiger partial charge in [0, 0.05) is 30.0 Å². The van der Waals surface area contributed by atoms with Crippen molar-refractivity contribution in [1.82, 2.24) is 20.2 Å². The van der Waals surface area contributed by atoms with Gasteiger partial charge in [0.15, 0.2) is 11.5 Å². The van der Waals surface area contributed by atoms with E-state index in [1.165, 1.54) is 24.1 Å². The number of oxazole rings is 1. The average molecular weight is 491 g/mol. The number of benzene rings is 1. The first-order valence-corrected chi connectivity index (χ1v) is 10.9. The quantitative estimate of drug-likeness (QED) is 0.543. The minimum Gasteiger partial charge on any atom is -0.494 e. The fourth-order valence-electron chi connectivity index (χ4n) is 3.73. The van der Waals surface area contributed by atoms with Gasteiger partial charge in [-0.2, -0.15) is 13.2 Å². The molecule has 3 N–H and O–H groups in total. The van der Waals surface area contributed by atoms with Crippen molar-refractivity contribution in [3.63, 3.8) is 0 Å². The van der Waals surface area contributed by atoms with Crippen molar-refractivity contribution < 1.29 is 31.9 Å². The molecule has 0 saturated carbocycles. The molecule has 1 saturated heterocycles. The smallest absolute Gasteiger partial charge is 0.433 e. The number of nitrogens with two attached hydrogens (primary N) is 1. The van der Waals surface area contributed by atoms with Crippen LogP contribution in [0.25, 0.3) is 22.4 Å². The summed E-state index contributed by atoms with van der Waals surface area (Å²) in [6.45, 7) is 4.09. The van der Waals surface area contributed by atoms with Crippen molar-refractivity contribution in [3.8, 4) is 17.2 Å². The van der Waals surface area contributed by atoms with Crippen LogP contribution in [-0.4, -0.2) is 52.9 Å². The van der Waals surface area contributed by atoms with Crippen LogP contribution < -0.4 is 15.8 Å². The van der Waals surface area contributed by atoms with Crippen LogP contribution in [0.2, 0.25) is 0 Å². The number of ether oxygens (including phenoxy) is 1. The monoisotopic (exact) mass is 491 g/mol. The van der Waals surface area contributed by atoms with Crippen molar-refractivity contribution in [2.24, 2.45) is 11.7 Å². The molecule has 1 aromatic carbocycles. The summed E-state index contributed by atoms with van der Waals surface area (Å²) < 4.78 is 50.5. The molecule has 186 valence electrons. The van der Waals surface area contributed by atoms with E-state index in [2.05, 4.69) is 15.3 Å². The second kappa shape index (κ2) is 9.17. The van der Waals surface area contributed by atoms with E-state index in [1.807, 2.05) is 0 Å². The molecule has 35 heavy (non-hydrogen) atoms. The van der Waals surface area contributed by atoms with Gasteiger partial charge in [0.2, 0.25) is 11.8 Å². The number of nitrogens with zero attached hydrogens (tertiary/aromatic N) is 3. The van der Waals surface area contributed by atoms with Crippen LogP contribution in [0.3, 0.4) is 0 Å². The Morgan fingerprint density at radius 1 is 1.23 bits per heavy atom. The first kappa shape index (κ1) is 24.5. The predicted octanol–water partition coefficient (Wildman–Crippen LogP) is 2.97. The highest BCUT2D eigenvalue weighted by atomic mass is 19.4. The number of carbonyl (C=O) groups is 2. The highest BCUT2D eigenvalue weighted by Gasteiger charge is 2.36. The molecule has 2 aromatic heterocycles. The van der Waals surface area contributed by atoms with Crippen molar-refractivity contribution >= 4 is 22.7 Å². The molecule has 1 aliphatic rings. The van der Waals surface area contributed by atoms with E-state index in [4.69, 9.17) is 14.9 Å². The van der Waals surface area contributed by atoms with E-state index in [1.54, 1.807) is 19.9 Å². The molecular formula is C23H24F3N5O4. The number of methoxy groups -OCH3 is 1. The Balaban J connectivity index is 1.65. The fraction of sp³-hybridized carbons (Fsp3) is 0.391. The maximum absolute atomic E-state index is 13.2. The summed E-state index contributed by atoms with van der Waals surface area (Å²) in [5.74, 6) is -0.362. The summed E-state index contributed by atoms with van der Waals surface area (Å²) in [5, 5.41) is 3.16. The number of likely N-dealkylation sites (tertiary alicyclic amines) is 1. The van der Waals surface area contributed by atoms with Gasteiger partial charge >= 0.3 is 6.18 Å². The third-order valence-electron chi connectivity index (χ3n) is 5.69. The molecule has 3 heterocycles. The first-order chi connectivity index (χ1) is 16.5. The van der Waals surface area contributed by atoms with Gasteiger partial charge < -0.3 is 25.1 Å². The lowest BCUT2D eigenvalue weighted by molar-refractivity contribution is -0.141. The van der Waals surface area contributed by atoms with E-state index < -0.39 is 17.8 Å². The Kier molecular flexibility index (Phi) is 6.41. The molecule has 0 atom stereocenters. The number of rotatable bonds is 6. The van der Waals surface area contributed by atoms with Crippen molar-refractivity contribution in [2.45, 2.75) is 32.6 Å². The summed E-state index contributed by atoms with van der Waals surface area (Å²) in [4.78, 5) is 34.4. The highest BCUT2D eigenvalue weighted by Crippen LogP contribution is 2.37. The summed E-state index contributed by atoms with van der Waals surface area (Å²) in [6, 6.07) is 4.98. The molecule has 9 nitrogen and oxygen atoms in total. The van der Waals surface area contributed by atoms with Gasteiger partial charge in [-0.1, -0.05) is 13.8 Å². The number of fused-ring (bicyclic) bond motifs is 1. The van der Waals surface area contributed by atoms with Gasteiger partial charge in [-0.25, -0.2) is 9.97 Å². The zero-order chi connectivity index (χ0) is 25.5. The maximum Gasteiger partial charge on any atom is 0.433 e. The molecule has 0 spiro atoms.